The maximum Gasteiger partial charge on any atom is 0.258 e. The van der Waals surface area contributed by atoms with Crippen molar-refractivity contribution in [1.82, 2.24) is 15.1 Å². The second-order valence-electron chi connectivity index (χ2n) is 10.1. The lowest BCUT2D eigenvalue weighted by molar-refractivity contribution is -0.141. The van der Waals surface area contributed by atoms with Gasteiger partial charge in [0.1, 0.15) is 18.5 Å². The van der Waals surface area contributed by atoms with E-state index < -0.39 is 5.79 Å². The number of pyridine rings is 1. The minimum absolute atomic E-state index is 0.0665. The van der Waals surface area contributed by atoms with Gasteiger partial charge in [-0.05, 0) is 56.4 Å². The molecule has 1 atom stereocenters. The van der Waals surface area contributed by atoms with Gasteiger partial charge in [0.2, 0.25) is 5.88 Å². The van der Waals surface area contributed by atoms with Crippen molar-refractivity contribution in [3.05, 3.63) is 53.0 Å². The summed E-state index contributed by atoms with van der Waals surface area (Å²) in [4.78, 5) is 9.35. The lowest BCUT2D eigenvalue weighted by Crippen LogP contribution is -2.25. The lowest BCUT2D eigenvalue weighted by Gasteiger charge is -2.18. The Morgan fingerprint density at radius 2 is 1.92 bits per heavy atom. The van der Waals surface area contributed by atoms with E-state index in [0.717, 1.165) is 47.4 Å². The number of nitrogens with zero attached hydrogens (tertiary/aromatic N) is 3. The van der Waals surface area contributed by atoms with Gasteiger partial charge in [0.25, 0.3) is 5.89 Å². The molecule has 192 valence electrons. The highest BCUT2D eigenvalue weighted by molar-refractivity contribution is 5.55. The second-order valence-corrected chi connectivity index (χ2v) is 10.1. The van der Waals surface area contributed by atoms with Gasteiger partial charge in [-0.2, -0.15) is 4.98 Å². The average Bonchev–Trinajstić information content (AvgIpc) is 3.64. The summed E-state index contributed by atoms with van der Waals surface area (Å²) in [5.41, 5.74) is 4.13. The van der Waals surface area contributed by atoms with Crippen LogP contribution in [0.25, 0.3) is 11.5 Å². The largest absolute Gasteiger partial charge is 0.491 e. The quantitative estimate of drug-likeness (QED) is 0.387. The fraction of sp³-hybridized carbons (Fsp3) is 0.536. The van der Waals surface area contributed by atoms with Gasteiger partial charge >= 0.3 is 0 Å². The molecule has 0 bridgehead atoms. The Morgan fingerprint density at radius 1 is 1.08 bits per heavy atom. The first-order chi connectivity index (χ1) is 17.4. The number of aromatic nitrogens is 3. The van der Waals surface area contributed by atoms with Crippen molar-refractivity contribution in [2.24, 2.45) is 0 Å². The van der Waals surface area contributed by atoms with Crippen LogP contribution < -0.4 is 9.47 Å². The highest BCUT2D eigenvalue weighted by Gasteiger charge is 2.33. The summed E-state index contributed by atoms with van der Waals surface area (Å²) < 4.78 is 28.6. The van der Waals surface area contributed by atoms with Crippen LogP contribution in [0.2, 0.25) is 0 Å². The van der Waals surface area contributed by atoms with E-state index in [4.69, 9.17) is 23.5 Å². The molecular formula is C28H35N3O5. The van der Waals surface area contributed by atoms with Crippen LogP contribution in [0, 0.1) is 0 Å². The first kappa shape index (κ1) is 24.7. The van der Waals surface area contributed by atoms with Crippen LogP contribution in [-0.2, 0) is 22.3 Å². The lowest BCUT2D eigenvalue weighted by atomic mass is 10.0. The van der Waals surface area contributed by atoms with E-state index in [2.05, 4.69) is 34.2 Å². The summed E-state index contributed by atoms with van der Waals surface area (Å²) in [7, 11) is 1.64. The molecule has 1 aliphatic heterocycles. The third-order valence-electron chi connectivity index (χ3n) is 6.88. The van der Waals surface area contributed by atoms with Crippen LogP contribution in [0.15, 0.2) is 34.9 Å². The molecule has 8 heteroatoms. The van der Waals surface area contributed by atoms with Gasteiger partial charge in [0, 0.05) is 29.7 Å². The molecule has 0 radical (unpaired) electrons. The number of ether oxygens (including phenoxy) is 4. The molecule has 1 saturated carbocycles. The van der Waals surface area contributed by atoms with E-state index in [0.29, 0.717) is 43.1 Å². The Balaban J connectivity index is 1.27. The standard InChI is InChI=1S/C28H35N3O5/c1-5-19-12-18(10-11-24(19)33-16-22-17-34-28(2,3)35-22)13-25-30-27(36-31-25)21-14-23(20-8-6-7-9-20)29-26(15-21)32-4/h10-12,14-15,20,22H,5-9,13,16-17H2,1-4H3/t22-/m1/s1. The van der Waals surface area contributed by atoms with Gasteiger partial charge in [0.15, 0.2) is 11.6 Å². The van der Waals surface area contributed by atoms with E-state index in [1.165, 1.54) is 12.8 Å². The number of hydrogen-bond acceptors (Lipinski definition) is 8. The molecule has 8 nitrogen and oxygen atoms in total. The van der Waals surface area contributed by atoms with Crippen LogP contribution in [0.1, 0.15) is 75.0 Å². The molecule has 0 spiro atoms. The first-order valence-corrected chi connectivity index (χ1v) is 12.9. The van der Waals surface area contributed by atoms with Crippen LogP contribution in [0.3, 0.4) is 0 Å². The Bertz CT molecular complexity index is 1190. The van der Waals surface area contributed by atoms with Gasteiger partial charge in [-0.15, -0.1) is 0 Å². The van der Waals surface area contributed by atoms with Crippen molar-refractivity contribution < 1.29 is 23.5 Å². The Morgan fingerprint density at radius 3 is 2.64 bits per heavy atom. The van der Waals surface area contributed by atoms with Crippen molar-refractivity contribution >= 4 is 0 Å². The maximum atomic E-state index is 6.08. The minimum Gasteiger partial charge on any atom is -0.491 e. The van der Waals surface area contributed by atoms with E-state index in [1.54, 1.807) is 7.11 Å². The molecule has 3 heterocycles. The number of rotatable bonds is 9. The van der Waals surface area contributed by atoms with Crippen molar-refractivity contribution in [3.8, 4) is 23.1 Å². The van der Waals surface area contributed by atoms with Crippen LogP contribution in [0.4, 0.5) is 0 Å². The first-order valence-electron chi connectivity index (χ1n) is 12.9. The summed E-state index contributed by atoms with van der Waals surface area (Å²) in [6.07, 6.45) is 6.17. The second kappa shape index (κ2) is 10.6. The van der Waals surface area contributed by atoms with Crippen molar-refractivity contribution in [2.75, 3.05) is 20.3 Å². The number of benzene rings is 1. The highest BCUT2D eigenvalue weighted by atomic mass is 16.7. The minimum atomic E-state index is -0.547. The molecule has 5 rings (SSSR count). The predicted molar refractivity (Wildman–Crippen MR) is 134 cm³/mol. The molecule has 1 aliphatic carbocycles. The Hall–Kier alpha value is -2.97. The third kappa shape index (κ3) is 5.71. The molecule has 2 fully saturated rings. The highest BCUT2D eigenvalue weighted by Crippen LogP contribution is 2.36. The molecule has 0 N–H and O–H groups in total. The van der Waals surface area contributed by atoms with Gasteiger partial charge in [-0.1, -0.05) is 37.1 Å². The van der Waals surface area contributed by atoms with Gasteiger partial charge < -0.3 is 23.5 Å². The van der Waals surface area contributed by atoms with Crippen LogP contribution >= 0.6 is 0 Å². The molecule has 2 aliphatic rings. The summed E-state index contributed by atoms with van der Waals surface area (Å²) in [5.74, 6) is 2.49. The van der Waals surface area contributed by atoms with Crippen LogP contribution in [0.5, 0.6) is 11.6 Å². The van der Waals surface area contributed by atoms with Gasteiger partial charge in [-0.25, -0.2) is 4.98 Å². The summed E-state index contributed by atoms with van der Waals surface area (Å²) in [6.45, 7) is 6.96. The molecule has 3 aromatic rings. The van der Waals surface area contributed by atoms with Crippen molar-refractivity contribution in [3.63, 3.8) is 0 Å². The zero-order valence-electron chi connectivity index (χ0n) is 21.6. The Labute approximate surface area is 212 Å². The fourth-order valence-electron chi connectivity index (χ4n) is 5.00. The molecule has 2 aromatic heterocycles. The fourth-order valence-corrected chi connectivity index (χ4v) is 5.00. The number of hydrogen-bond donors (Lipinski definition) is 0. The van der Waals surface area contributed by atoms with E-state index >= 15 is 0 Å². The smallest absolute Gasteiger partial charge is 0.258 e. The number of methoxy groups -OCH3 is 1. The normalized spacial score (nSPS) is 19.6. The molecule has 1 saturated heterocycles. The van der Waals surface area contributed by atoms with Gasteiger partial charge in [0.05, 0.1) is 13.7 Å². The maximum absolute atomic E-state index is 6.08. The molecular weight excluding hydrogens is 458 g/mol. The molecule has 1 aromatic carbocycles. The number of aryl methyl sites for hydroxylation is 1. The molecule has 0 unspecified atom stereocenters. The Kier molecular flexibility index (Phi) is 7.25. The van der Waals surface area contributed by atoms with E-state index in [9.17, 15) is 0 Å². The third-order valence-corrected chi connectivity index (χ3v) is 6.88. The van der Waals surface area contributed by atoms with Gasteiger partial charge in [-0.3, -0.25) is 0 Å². The average molecular weight is 494 g/mol. The zero-order valence-corrected chi connectivity index (χ0v) is 21.6. The summed E-state index contributed by atoms with van der Waals surface area (Å²) in [6, 6.07) is 10.1. The van der Waals surface area contributed by atoms with Crippen molar-refractivity contribution in [1.29, 1.82) is 0 Å². The van der Waals surface area contributed by atoms with Crippen LogP contribution in [-0.4, -0.2) is 47.3 Å². The predicted octanol–water partition coefficient (Wildman–Crippen LogP) is 5.48. The SMILES string of the molecule is CCc1cc(Cc2noc(-c3cc(OC)nc(C4CCCC4)c3)n2)ccc1OC[C@@H]1COC(C)(C)O1. The zero-order chi connectivity index (χ0) is 25.1. The summed E-state index contributed by atoms with van der Waals surface area (Å²) in [5, 5.41) is 4.24. The summed E-state index contributed by atoms with van der Waals surface area (Å²) >= 11 is 0. The van der Waals surface area contributed by atoms with E-state index in [-0.39, 0.29) is 6.10 Å². The molecule has 36 heavy (non-hydrogen) atoms. The molecule has 0 amide bonds. The topological polar surface area (TPSA) is 88.7 Å². The van der Waals surface area contributed by atoms with E-state index in [1.807, 2.05) is 32.0 Å². The van der Waals surface area contributed by atoms with Crippen molar-refractivity contribution in [2.45, 2.75) is 77.1 Å². The monoisotopic (exact) mass is 493 g/mol.